The summed E-state index contributed by atoms with van der Waals surface area (Å²) in [5.74, 6) is 0.782. The van der Waals surface area contributed by atoms with Gasteiger partial charge < -0.3 is 15.0 Å². The van der Waals surface area contributed by atoms with Gasteiger partial charge in [-0.1, -0.05) is 24.3 Å². The van der Waals surface area contributed by atoms with Crippen molar-refractivity contribution in [2.45, 2.75) is 6.92 Å². The Kier molecular flexibility index (Phi) is 5.73. The van der Waals surface area contributed by atoms with Crippen LogP contribution in [0.15, 0.2) is 48.5 Å². The molecule has 0 aliphatic rings. The number of rotatable bonds is 6. The SMILES string of the molecule is Cc1ccccc1OCCN(C)C(=O)Nc1cccc([N+](=O)[O-])c1. The van der Waals surface area contributed by atoms with Crippen molar-refractivity contribution in [1.29, 1.82) is 0 Å². The van der Waals surface area contributed by atoms with Gasteiger partial charge >= 0.3 is 6.03 Å². The van der Waals surface area contributed by atoms with Crippen LogP contribution in [-0.4, -0.2) is 36.1 Å². The molecule has 0 atom stereocenters. The van der Waals surface area contributed by atoms with Gasteiger partial charge in [-0.25, -0.2) is 4.79 Å². The highest BCUT2D eigenvalue weighted by Gasteiger charge is 2.11. The Morgan fingerprint density at radius 2 is 2.00 bits per heavy atom. The molecule has 2 rings (SSSR count). The molecule has 7 nitrogen and oxygen atoms in total. The average molecular weight is 329 g/mol. The first kappa shape index (κ1) is 17.3. The van der Waals surface area contributed by atoms with Gasteiger partial charge in [-0.05, 0) is 24.6 Å². The van der Waals surface area contributed by atoms with E-state index < -0.39 is 4.92 Å². The van der Waals surface area contributed by atoms with Crippen LogP contribution in [0, 0.1) is 17.0 Å². The first-order chi connectivity index (χ1) is 11.5. The number of aryl methyl sites for hydroxylation is 1. The number of non-ortho nitro benzene ring substituents is 1. The molecule has 0 fully saturated rings. The first-order valence-corrected chi connectivity index (χ1v) is 7.42. The van der Waals surface area contributed by atoms with E-state index in [0.29, 0.717) is 18.8 Å². The van der Waals surface area contributed by atoms with Crippen LogP contribution in [0.2, 0.25) is 0 Å². The number of urea groups is 1. The number of amides is 2. The van der Waals surface area contributed by atoms with Crippen LogP contribution < -0.4 is 10.1 Å². The van der Waals surface area contributed by atoms with E-state index in [9.17, 15) is 14.9 Å². The van der Waals surface area contributed by atoms with E-state index in [4.69, 9.17) is 4.74 Å². The number of nitrogens with zero attached hydrogens (tertiary/aromatic N) is 2. The monoisotopic (exact) mass is 329 g/mol. The summed E-state index contributed by atoms with van der Waals surface area (Å²) >= 11 is 0. The highest BCUT2D eigenvalue weighted by molar-refractivity contribution is 5.89. The van der Waals surface area contributed by atoms with Gasteiger partial charge in [0.1, 0.15) is 12.4 Å². The molecule has 0 saturated heterocycles. The van der Waals surface area contributed by atoms with Gasteiger partial charge in [0.2, 0.25) is 0 Å². The predicted molar refractivity (Wildman–Crippen MR) is 91.4 cm³/mol. The highest BCUT2D eigenvalue weighted by Crippen LogP contribution is 2.18. The van der Waals surface area contributed by atoms with Gasteiger partial charge in [-0.15, -0.1) is 0 Å². The molecular formula is C17H19N3O4. The second-order valence-electron chi connectivity index (χ2n) is 5.27. The predicted octanol–water partition coefficient (Wildman–Crippen LogP) is 3.45. The molecule has 0 heterocycles. The van der Waals surface area contributed by atoms with E-state index in [1.807, 2.05) is 31.2 Å². The lowest BCUT2D eigenvalue weighted by Crippen LogP contribution is -2.34. The molecule has 2 aromatic rings. The van der Waals surface area contributed by atoms with Crippen molar-refractivity contribution in [2.75, 3.05) is 25.5 Å². The standard InChI is InChI=1S/C17H19N3O4/c1-13-6-3-4-9-16(13)24-11-10-19(2)17(21)18-14-7-5-8-15(12-14)20(22)23/h3-9,12H,10-11H2,1-2H3,(H,18,21). The summed E-state index contributed by atoms with van der Waals surface area (Å²) in [6.45, 7) is 2.69. The number of nitro groups is 1. The van der Waals surface area contributed by atoms with Crippen LogP contribution in [0.25, 0.3) is 0 Å². The average Bonchev–Trinajstić information content (AvgIpc) is 2.56. The second kappa shape index (κ2) is 7.96. The number of likely N-dealkylation sites (N-methyl/N-ethyl adjacent to an activating group) is 1. The summed E-state index contributed by atoms with van der Waals surface area (Å²) in [5, 5.41) is 13.4. The Balaban J connectivity index is 1.85. The fourth-order valence-electron chi connectivity index (χ4n) is 2.03. The van der Waals surface area contributed by atoms with E-state index in [2.05, 4.69) is 5.32 Å². The number of carbonyl (C=O) groups excluding carboxylic acids is 1. The first-order valence-electron chi connectivity index (χ1n) is 7.42. The van der Waals surface area contributed by atoms with Gasteiger partial charge in [0, 0.05) is 24.9 Å². The van der Waals surface area contributed by atoms with Crippen molar-refractivity contribution in [2.24, 2.45) is 0 Å². The Bertz CT molecular complexity index is 733. The molecule has 0 aliphatic heterocycles. The fraction of sp³-hybridized carbons (Fsp3) is 0.235. The molecule has 2 aromatic carbocycles. The molecule has 126 valence electrons. The Hall–Kier alpha value is -3.09. The van der Waals surface area contributed by atoms with Crippen molar-refractivity contribution in [3.05, 3.63) is 64.2 Å². The molecule has 0 spiro atoms. The zero-order valence-corrected chi connectivity index (χ0v) is 13.6. The van der Waals surface area contributed by atoms with Crippen molar-refractivity contribution in [3.8, 4) is 5.75 Å². The van der Waals surface area contributed by atoms with Crippen LogP contribution in [-0.2, 0) is 0 Å². The minimum atomic E-state index is -0.505. The number of anilines is 1. The third-order valence-electron chi connectivity index (χ3n) is 3.43. The van der Waals surface area contributed by atoms with E-state index in [0.717, 1.165) is 11.3 Å². The molecule has 2 amide bonds. The summed E-state index contributed by atoms with van der Waals surface area (Å²) in [7, 11) is 1.63. The van der Waals surface area contributed by atoms with Crippen LogP contribution in [0.1, 0.15) is 5.56 Å². The quantitative estimate of drug-likeness (QED) is 0.650. The van der Waals surface area contributed by atoms with Crippen molar-refractivity contribution < 1.29 is 14.5 Å². The Morgan fingerprint density at radius 1 is 1.25 bits per heavy atom. The van der Waals surface area contributed by atoms with Crippen molar-refractivity contribution >= 4 is 17.4 Å². The number of para-hydroxylation sites is 1. The van der Waals surface area contributed by atoms with Crippen LogP contribution in [0.3, 0.4) is 0 Å². The van der Waals surface area contributed by atoms with Gasteiger partial charge in [0.25, 0.3) is 5.69 Å². The molecule has 24 heavy (non-hydrogen) atoms. The normalized spacial score (nSPS) is 10.1. The van der Waals surface area contributed by atoms with E-state index in [-0.39, 0.29) is 11.7 Å². The maximum Gasteiger partial charge on any atom is 0.321 e. The molecule has 0 radical (unpaired) electrons. The molecule has 1 N–H and O–H groups in total. The smallest absolute Gasteiger partial charge is 0.321 e. The van der Waals surface area contributed by atoms with E-state index in [1.165, 1.54) is 23.1 Å². The number of hydrogen-bond donors (Lipinski definition) is 1. The van der Waals surface area contributed by atoms with Crippen LogP contribution >= 0.6 is 0 Å². The Labute approximate surface area is 140 Å². The summed E-state index contributed by atoms with van der Waals surface area (Å²) in [6.07, 6.45) is 0. The Morgan fingerprint density at radius 3 is 2.71 bits per heavy atom. The third kappa shape index (κ3) is 4.70. The third-order valence-corrected chi connectivity index (χ3v) is 3.43. The number of nitrogens with one attached hydrogen (secondary N) is 1. The number of hydrogen-bond acceptors (Lipinski definition) is 4. The van der Waals surface area contributed by atoms with Crippen molar-refractivity contribution in [3.63, 3.8) is 0 Å². The molecule has 0 aromatic heterocycles. The molecule has 7 heteroatoms. The summed E-state index contributed by atoms with van der Waals surface area (Å²) < 4.78 is 5.65. The minimum absolute atomic E-state index is 0.0710. The second-order valence-corrected chi connectivity index (χ2v) is 5.27. The number of ether oxygens (including phenoxy) is 1. The lowest BCUT2D eigenvalue weighted by atomic mass is 10.2. The number of nitro benzene ring substituents is 1. The van der Waals surface area contributed by atoms with E-state index in [1.54, 1.807) is 13.1 Å². The summed E-state index contributed by atoms with van der Waals surface area (Å²) in [6, 6.07) is 13.1. The van der Waals surface area contributed by atoms with Crippen LogP contribution in [0.4, 0.5) is 16.2 Å². The minimum Gasteiger partial charge on any atom is -0.491 e. The maximum atomic E-state index is 12.1. The molecule has 0 bridgehead atoms. The molecule has 0 aliphatic carbocycles. The largest absolute Gasteiger partial charge is 0.491 e. The lowest BCUT2D eigenvalue weighted by molar-refractivity contribution is -0.384. The van der Waals surface area contributed by atoms with Gasteiger partial charge in [-0.2, -0.15) is 0 Å². The molecule has 0 unspecified atom stereocenters. The zero-order valence-electron chi connectivity index (χ0n) is 13.6. The molecular weight excluding hydrogens is 310 g/mol. The van der Waals surface area contributed by atoms with Gasteiger partial charge in [0.05, 0.1) is 11.5 Å². The van der Waals surface area contributed by atoms with Gasteiger partial charge in [0.15, 0.2) is 0 Å². The summed E-state index contributed by atoms with van der Waals surface area (Å²) in [5.41, 5.74) is 1.33. The summed E-state index contributed by atoms with van der Waals surface area (Å²) in [4.78, 5) is 23.8. The zero-order chi connectivity index (χ0) is 17.5. The lowest BCUT2D eigenvalue weighted by Gasteiger charge is -2.18. The highest BCUT2D eigenvalue weighted by atomic mass is 16.6. The fourth-order valence-corrected chi connectivity index (χ4v) is 2.03. The molecule has 0 saturated carbocycles. The van der Waals surface area contributed by atoms with Gasteiger partial charge in [-0.3, -0.25) is 10.1 Å². The maximum absolute atomic E-state index is 12.1. The number of carbonyl (C=O) groups is 1. The topological polar surface area (TPSA) is 84.7 Å². The van der Waals surface area contributed by atoms with Crippen molar-refractivity contribution in [1.82, 2.24) is 4.90 Å². The van der Waals surface area contributed by atoms with Crippen LogP contribution in [0.5, 0.6) is 5.75 Å². The van der Waals surface area contributed by atoms with E-state index >= 15 is 0 Å². The number of benzene rings is 2.